The molecule has 0 aliphatic carbocycles. The van der Waals surface area contributed by atoms with Crippen LogP contribution in [0.5, 0.6) is 0 Å². The molecule has 27 heavy (non-hydrogen) atoms. The maximum Gasteiger partial charge on any atom is 0.243 e. The minimum Gasteiger partial charge on any atom is -0.356 e. The van der Waals surface area contributed by atoms with Gasteiger partial charge in [-0.2, -0.15) is 11.8 Å². The highest BCUT2D eigenvalue weighted by molar-refractivity contribution is 7.98. The van der Waals surface area contributed by atoms with Crippen molar-refractivity contribution in [1.29, 1.82) is 0 Å². The van der Waals surface area contributed by atoms with Gasteiger partial charge in [-0.15, -0.1) is 0 Å². The second kappa shape index (κ2) is 11.9. The van der Waals surface area contributed by atoms with Crippen molar-refractivity contribution in [2.75, 3.05) is 52.3 Å². The van der Waals surface area contributed by atoms with Gasteiger partial charge in [0, 0.05) is 45.5 Å². The average Bonchev–Trinajstić information content (AvgIpc) is 3.11. The van der Waals surface area contributed by atoms with Crippen LogP contribution < -0.4 is 10.6 Å². The first kappa shape index (κ1) is 21.6. The van der Waals surface area contributed by atoms with E-state index in [0.717, 1.165) is 37.9 Å². The van der Waals surface area contributed by atoms with Gasteiger partial charge < -0.3 is 15.5 Å². The van der Waals surface area contributed by atoms with Crippen molar-refractivity contribution in [3.05, 3.63) is 35.9 Å². The number of rotatable bonds is 9. The number of likely N-dealkylation sites (N-methyl/N-ethyl adjacent to an activating group) is 1. The Morgan fingerprint density at radius 3 is 2.78 bits per heavy atom. The standard InChI is InChI=1S/C20H33N5OS/c1-24(2)19(26)15-23-20(21-11-13-27-3)22-14-18-10-7-12-25(18)16-17-8-5-4-6-9-17/h4-6,8-9,18H,7,10-16H2,1-3H3,(H2,21,22,23). The fourth-order valence-electron chi connectivity index (χ4n) is 3.10. The fraction of sp³-hybridized carbons (Fsp3) is 0.600. The van der Waals surface area contributed by atoms with Gasteiger partial charge in [0.15, 0.2) is 5.96 Å². The van der Waals surface area contributed by atoms with Crippen molar-refractivity contribution >= 4 is 23.6 Å². The van der Waals surface area contributed by atoms with Crippen LogP contribution in [0.15, 0.2) is 35.3 Å². The van der Waals surface area contributed by atoms with Crippen LogP contribution in [0, 0.1) is 0 Å². The van der Waals surface area contributed by atoms with Crippen LogP contribution >= 0.6 is 11.8 Å². The number of guanidine groups is 1. The lowest BCUT2D eigenvalue weighted by molar-refractivity contribution is -0.127. The Morgan fingerprint density at radius 2 is 2.07 bits per heavy atom. The largest absolute Gasteiger partial charge is 0.356 e. The molecule has 150 valence electrons. The van der Waals surface area contributed by atoms with Gasteiger partial charge in [0.1, 0.15) is 6.54 Å². The molecule has 1 atom stereocenters. The molecule has 1 aliphatic rings. The predicted molar refractivity (Wildman–Crippen MR) is 115 cm³/mol. The number of nitrogens with zero attached hydrogens (tertiary/aromatic N) is 3. The van der Waals surface area contributed by atoms with E-state index in [-0.39, 0.29) is 12.5 Å². The van der Waals surface area contributed by atoms with Crippen molar-refractivity contribution in [3.63, 3.8) is 0 Å². The summed E-state index contributed by atoms with van der Waals surface area (Å²) in [5.74, 6) is 1.74. The van der Waals surface area contributed by atoms with Gasteiger partial charge in [0.25, 0.3) is 0 Å². The zero-order chi connectivity index (χ0) is 19.5. The van der Waals surface area contributed by atoms with Gasteiger partial charge in [0.05, 0.1) is 0 Å². The Balaban J connectivity index is 1.89. The van der Waals surface area contributed by atoms with Crippen LogP contribution in [0.25, 0.3) is 0 Å². The summed E-state index contributed by atoms with van der Waals surface area (Å²) < 4.78 is 0. The second-order valence-corrected chi connectivity index (χ2v) is 7.99. The van der Waals surface area contributed by atoms with Crippen LogP contribution in [-0.4, -0.2) is 80.0 Å². The molecule has 7 heteroatoms. The van der Waals surface area contributed by atoms with Crippen molar-refractivity contribution in [3.8, 4) is 0 Å². The maximum atomic E-state index is 11.8. The van der Waals surface area contributed by atoms with Gasteiger partial charge in [-0.1, -0.05) is 30.3 Å². The fourth-order valence-corrected chi connectivity index (χ4v) is 3.41. The molecule has 1 heterocycles. The molecule has 1 unspecified atom stereocenters. The SMILES string of the molecule is CSCCNC(=NCC(=O)N(C)C)NCC1CCCN1Cc1ccccc1. The lowest BCUT2D eigenvalue weighted by atomic mass is 10.2. The molecule has 0 saturated carbocycles. The number of carbonyl (C=O) groups is 1. The molecule has 0 aromatic heterocycles. The number of aliphatic imine (C=N–C) groups is 1. The first-order valence-corrected chi connectivity index (χ1v) is 11.0. The average molecular weight is 392 g/mol. The van der Waals surface area contributed by atoms with E-state index >= 15 is 0 Å². The van der Waals surface area contributed by atoms with E-state index in [9.17, 15) is 4.79 Å². The zero-order valence-corrected chi connectivity index (χ0v) is 17.6. The molecule has 1 fully saturated rings. The third kappa shape index (κ3) is 7.81. The highest BCUT2D eigenvalue weighted by atomic mass is 32.2. The summed E-state index contributed by atoms with van der Waals surface area (Å²) in [5, 5.41) is 6.78. The van der Waals surface area contributed by atoms with Crippen LogP contribution in [0.1, 0.15) is 18.4 Å². The molecular formula is C20H33N5OS. The normalized spacial score (nSPS) is 17.7. The molecule has 0 radical (unpaired) electrons. The number of nitrogens with one attached hydrogen (secondary N) is 2. The summed E-state index contributed by atoms with van der Waals surface area (Å²) in [4.78, 5) is 20.4. The number of likely N-dealkylation sites (tertiary alicyclic amines) is 1. The molecule has 6 nitrogen and oxygen atoms in total. The lowest BCUT2D eigenvalue weighted by Crippen LogP contribution is -2.45. The first-order valence-electron chi connectivity index (χ1n) is 9.59. The molecule has 1 aliphatic heterocycles. The third-order valence-corrected chi connectivity index (χ3v) is 5.31. The Morgan fingerprint density at radius 1 is 1.30 bits per heavy atom. The second-order valence-electron chi connectivity index (χ2n) is 7.01. The third-order valence-electron chi connectivity index (χ3n) is 4.70. The number of thioether (sulfide) groups is 1. The molecule has 1 aromatic rings. The van der Waals surface area contributed by atoms with E-state index in [4.69, 9.17) is 0 Å². The number of benzene rings is 1. The minimum atomic E-state index is 0.00698. The zero-order valence-electron chi connectivity index (χ0n) is 16.8. The Bertz CT molecular complexity index is 593. The van der Waals surface area contributed by atoms with Crippen LogP contribution in [0.4, 0.5) is 0 Å². The Kier molecular flexibility index (Phi) is 9.48. The first-order chi connectivity index (χ1) is 13.1. The van der Waals surface area contributed by atoms with Crippen LogP contribution in [0.3, 0.4) is 0 Å². The van der Waals surface area contributed by atoms with E-state index < -0.39 is 0 Å². The number of hydrogen-bond acceptors (Lipinski definition) is 4. The number of carbonyl (C=O) groups excluding carboxylic acids is 1. The summed E-state index contributed by atoms with van der Waals surface area (Å²) in [6.07, 6.45) is 4.50. The summed E-state index contributed by atoms with van der Waals surface area (Å²) in [6.45, 7) is 3.96. The van der Waals surface area contributed by atoms with Crippen LogP contribution in [0.2, 0.25) is 0 Å². The van der Waals surface area contributed by atoms with E-state index in [1.54, 1.807) is 30.8 Å². The van der Waals surface area contributed by atoms with E-state index in [1.807, 2.05) is 0 Å². The van der Waals surface area contributed by atoms with Gasteiger partial charge in [-0.25, -0.2) is 4.99 Å². The minimum absolute atomic E-state index is 0.00698. The summed E-state index contributed by atoms with van der Waals surface area (Å²) in [6, 6.07) is 11.1. The summed E-state index contributed by atoms with van der Waals surface area (Å²) >= 11 is 1.79. The molecule has 2 rings (SSSR count). The maximum absolute atomic E-state index is 11.8. The Labute approximate surface area is 167 Å². The van der Waals surface area contributed by atoms with Crippen molar-refractivity contribution in [1.82, 2.24) is 20.4 Å². The summed E-state index contributed by atoms with van der Waals surface area (Å²) in [5.41, 5.74) is 1.35. The van der Waals surface area contributed by atoms with E-state index in [1.165, 1.54) is 18.4 Å². The van der Waals surface area contributed by atoms with Crippen molar-refractivity contribution in [2.45, 2.75) is 25.4 Å². The molecule has 1 saturated heterocycles. The predicted octanol–water partition coefficient (Wildman–Crippen LogP) is 1.64. The summed E-state index contributed by atoms with van der Waals surface area (Å²) in [7, 11) is 3.51. The molecule has 1 aromatic carbocycles. The van der Waals surface area contributed by atoms with E-state index in [2.05, 4.69) is 57.1 Å². The smallest absolute Gasteiger partial charge is 0.243 e. The van der Waals surface area contributed by atoms with Gasteiger partial charge in [-0.3, -0.25) is 9.69 Å². The van der Waals surface area contributed by atoms with Gasteiger partial charge >= 0.3 is 0 Å². The van der Waals surface area contributed by atoms with Gasteiger partial charge in [0.2, 0.25) is 5.91 Å². The highest BCUT2D eigenvalue weighted by Gasteiger charge is 2.24. The topological polar surface area (TPSA) is 60.0 Å². The monoisotopic (exact) mass is 391 g/mol. The van der Waals surface area contributed by atoms with Crippen molar-refractivity contribution < 1.29 is 4.79 Å². The Hall–Kier alpha value is -1.73. The highest BCUT2D eigenvalue weighted by Crippen LogP contribution is 2.19. The number of amides is 1. The molecule has 0 spiro atoms. The van der Waals surface area contributed by atoms with Gasteiger partial charge in [-0.05, 0) is 31.2 Å². The van der Waals surface area contributed by atoms with E-state index in [0.29, 0.717) is 6.04 Å². The molecule has 0 bridgehead atoms. The molecular weight excluding hydrogens is 358 g/mol. The number of hydrogen-bond donors (Lipinski definition) is 2. The lowest BCUT2D eigenvalue weighted by Gasteiger charge is -2.25. The quantitative estimate of drug-likeness (QED) is 0.381. The van der Waals surface area contributed by atoms with Crippen molar-refractivity contribution in [2.24, 2.45) is 4.99 Å². The molecule has 1 amide bonds. The molecule has 2 N–H and O–H groups in total. The van der Waals surface area contributed by atoms with Crippen LogP contribution in [-0.2, 0) is 11.3 Å².